The summed E-state index contributed by atoms with van der Waals surface area (Å²) in [6.45, 7) is 5.84. The molecule has 176 valence electrons. The number of alkyl halides is 2. The molecule has 1 atom stereocenters. The van der Waals surface area contributed by atoms with Gasteiger partial charge in [0.25, 0.3) is 12.0 Å². The zero-order valence-electron chi connectivity index (χ0n) is 19.0. The number of benzene rings is 1. The normalized spacial score (nSPS) is 15.8. The topological polar surface area (TPSA) is 63.1 Å². The summed E-state index contributed by atoms with van der Waals surface area (Å²) < 4.78 is 42.5. The number of anilines is 1. The fourth-order valence-electron chi connectivity index (χ4n) is 4.44. The van der Waals surface area contributed by atoms with Crippen LogP contribution in [0, 0.1) is 12.7 Å². The van der Waals surface area contributed by atoms with E-state index in [1.165, 1.54) is 23.1 Å². The van der Waals surface area contributed by atoms with Crippen LogP contribution in [0.15, 0.2) is 29.1 Å². The maximum Gasteiger partial charge on any atom is 0.266 e. The van der Waals surface area contributed by atoms with Gasteiger partial charge in [0.15, 0.2) is 0 Å². The van der Waals surface area contributed by atoms with E-state index in [0.29, 0.717) is 34.8 Å². The molecular formula is C24H28F3N5O. The first kappa shape index (κ1) is 23.2. The summed E-state index contributed by atoms with van der Waals surface area (Å²) in [6, 6.07) is 5.15. The van der Waals surface area contributed by atoms with Crippen molar-refractivity contribution >= 4 is 16.9 Å². The van der Waals surface area contributed by atoms with Gasteiger partial charge in [-0.1, -0.05) is 24.6 Å². The average molecular weight is 460 g/mol. The van der Waals surface area contributed by atoms with Crippen molar-refractivity contribution in [2.75, 3.05) is 18.4 Å². The highest BCUT2D eigenvalue weighted by atomic mass is 19.3. The third-order valence-electron chi connectivity index (χ3n) is 6.21. The molecule has 33 heavy (non-hydrogen) atoms. The van der Waals surface area contributed by atoms with E-state index in [1.807, 2.05) is 0 Å². The average Bonchev–Trinajstić information content (AvgIpc) is 2.78. The van der Waals surface area contributed by atoms with Crippen molar-refractivity contribution in [3.8, 4) is 0 Å². The summed E-state index contributed by atoms with van der Waals surface area (Å²) in [5.74, 6) is -0.0547. The van der Waals surface area contributed by atoms with Gasteiger partial charge in [-0.2, -0.15) is 0 Å². The van der Waals surface area contributed by atoms with Crippen molar-refractivity contribution in [1.29, 1.82) is 0 Å². The molecule has 0 spiro atoms. The highest BCUT2D eigenvalue weighted by Crippen LogP contribution is 2.30. The molecule has 1 saturated heterocycles. The Morgan fingerprint density at radius 2 is 1.82 bits per heavy atom. The summed E-state index contributed by atoms with van der Waals surface area (Å²) in [6.07, 6.45) is 0.536. The van der Waals surface area contributed by atoms with E-state index < -0.39 is 23.8 Å². The second-order valence-corrected chi connectivity index (χ2v) is 8.64. The Morgan fingerprint density at radius 1 is 1.12 bits per heavy atom. The van der Waals surface area contributed by atoms with Crippen molar-refractivity contribution in [1.82, 2.24) is 19.4 Å². The molecule has 0 bridgehead atoms. The van der Waals surface area contributed by atoms with Gasteiger partial charge in [0, 0.05) is 24.7 Å². The van der Waals surface area contributed by atoms with E-state index >= 15 is 0 Å². The molecule has 4 rings (SSSR count). The summed E-state index contributed by atoms with van der Waals surface area (Å²) in [5, 5.41) is 3.79. The largest absolute Gasteiger partial charge is 0.363 e. The van der Waals surface area contributed by atoms with Gasteiger partial charge in [-0.05, 0) is 45.8 Å². The van der Waals surface area contributed by atoms with Crippen LogP contribution in [-0.4, -0.2) is 32.5 Å². The molecule has 0 aliphatic carbocycles. The minimum atomic E-state index is -2.90. The van der Waals surface area contributed by atoms with Crippen molar-refractivity contribution in [3.63, 3.8) is 0 Å². The quantitative estimate of drug-likeness (QED) is 0.570. The molecule has 1 aliphatic heterocycles. The number of hydrogen-bond acceptors (Lipinski definition) is 5. The lowest BCUT2D eigenvalue weighted by Gasteiger charge is -2.26. The Kier molecular flexibility index (Phi) is 6.69. The van der Waals surface area contributed by atoms with Gasteiger partial charge >= 0.3 is 0 Å². The summed E-state index contributed by atoms with van der Waals surface area (Å²) >= 11 is 0. The predicted octanol–water partition coefficient (Wildman–Crippen LogP) is 4.87. The number of aryl methyl sites for hydroxylation is 2. The monoisotopic (exact) mass is 459 g/mol. The van der Waals surface area contributed by atoms with Gasteiger partial charge in [0.05, 0.1) is 17.0 Å². The summed E-state index contributed by atoms with van der Waals surface area (Å²) in [7, 11) is 1.68. The second-order valence-electron chi connectivity index (χ2n) is 8.64. The lowest BCUT2D eigenvalue weighted by Crippen LogP contribution is -2.33. The Hall–Kier alpha value is -2.94. The first-order chi connectivity index (χ1) is 15.8. The summed E-state index contributed by atoms with van der Waals surface area (Å²) in [4.78, 5) is 24.2. The zero-order valence-corrected chi connectivity index (χ0v) is 19.0. The minimum absolute atomic E-state index is 0.110. The van der Waals surface area contributed by atoms with Crippen LogP contribution in [0.25, 0.3) is 11.0 Å². The van der Waals surface area contributed by atoms with Crippen LogP contribution in [0.2, 0.25) is 0 Å². The standard InChI is InChI=1S/C24H28F3N5O/c1-14(17-8-7-9-18(20(17)25)21(26)27)28-22-19-12-16(13-32-10-5-4-6-11-32)24(33)31(3)23(19)30-15(2)29-22/h7-9,12,14,21H,4-6,10-11,13H2,1-3H3,(H,28,29,30)/t14-/m1/s1. The van der Waals surface area contributed by atoms with E-state index in [-0.39, 0.29) is 11.1 Å². The maximum atomic E-state index is 14.7. The fraction of sp³-hybridized carbons (Fsp3) is 0.458. The lowest BCUT2D eigenvalue weighted by atomic mass is 10.0. The molecule has 1 aromatic carbocycles. The smallest absolute Gasteiger partial charge is 0.266 e. The molecule has 0 saturated carbocycles. The first-order valence-electron chi connectivity index (χ1n) is 11.2. The molecule has 0 amide bonds. The molecule has 1 fully saturated rings. The highest BCUT2D eigenvalue weighted by Gasteiger charge is 2.22. The van der Waals surface area contributed by atoms with Gasteiger partial charge in [0.1, 0.15) is 23.1 Å². The Balaban J connectivity index is 1.74. The molecule has 1 aliphatic rings. The van der Waals surface area contributed by atoms with E-state index in [9.17, 15) is 18.0 Å². The number of nitrogens with zero attached hydrogens (tertiary/aromatic N) is 4. The van der Waals surface area contributed by atoms with Crippen molar-refractivity contribution in [2.24, 2.45) is 7.05 Å². The van der Waals surface area contributed by atoms with Crippen LogP contribution in [0.3, 0.4) is 0 Å². The Morgan fingerprint density at radius 3 is 2.52 bits per heavy atom. The summed E-state index contributed by atoms with van der Waals surface area (Å²) in [5.41, 5.74) is 0.486. The van der Waals surface area contributed by atoms with Crippen molar-refractivity contribution in [2.45, 2.75) is 52.1 Å². The van der Waals surface area contributed by atoms with Crippen LogP contribution in [0.5, 0.6) is 0 Å². The van der Waals surface area contributed by atoms with E-state index in [2.05, 4.69) is 20.2 Å². The van der Waals surface area contributed by atoms with Crippen molar-refractivity contribution in [3.05, 3.63) is 63.0 Å². The molecular weight excluding hydrogens is 431 g/mol. The molecule has 3 heterocycles. The van der Waals surface area contributed by atoms with Crippen LogP contribution >= 0.6 is 0 Å². The third kappa shape index (κ3) is 4.73. The number of rotatable bonds is 6. The van der Waals surface area contributed by atoms with Crippen LogP contribution in [-0.2, 0) is 13.6 Å². The molecule has 0 radical (unpaired) electrons. The molecule has 6 nitrogen and oxygen atoms in total. The Bertz CT molecular complexity index is 1220. The number of aromatic nitrogens is 3. The molecule has 0 unspecified atom stereocenters. The van der Waals surface area contributed by atoms with Gasteiger partial charge in [-0.15, -0.1) is 0 Å². The third-order valence-corrected chi connectivity index (χ3v) is 6.21. The molecule has 9 heteroatoms. The molecule has 3 aromatic rings. The first-order valence-corrected chi connectivity index (χ1v) is 11.2. The van der Waals surface area contributed by atoms with E-state index in [1.54, 1.807) is 27.0 Å². The SMILES string of the molecule is Cc1nc(N[C@H](C)c2cccc(C(F)F)c2F)c2cc(CN3CCCCC3)c(=O)n(C)c2n1. The molecule has 2 aromatic heterocycles. The zero-order chi connectivity index (χ0) is 23.7. The maximum absolute atomic E-state index is 14.7. The van der Waals surface area contributed by atoms with Crippen molar-refractivity contribution < 1.29 is 13.2 Å². The predicted molar refractivity (Wildman–Crippen MR) is 122 cm³/mol. The second kappa shape index (κ2) is 9.51. The van der Waals surface area contributed by atoms with Crippen LogP contribution in [0.4, 0.5) is 19.0 Å². The number of fused-ring (bicyclic) bond motifs is 1. The number of piperidine rings is 1. The van der Waals surface area contributed by atoms with E-state index in [0.717, 1.165) is 32.0 Å². The van der Waals surface area contributed by atoms with Crippen LogP contribution < -0.4 is 10.9 Å². The number of nitrogens with one attached hydrogen (secondary N) is 1. The highest BCUT2D eigenvalue weighted by molar-refractivity contribution is 5.87. The minimum Gasteiger partial charge on any atom is -0.363 e. The van der Waals surface area contributed by atoms with Gasteiger partial charge in [-0.25, -0.2) is 23.1 Å². The van der Waals surface area contributed by atoms with E-state index in [4.69, 9.17) is 0 Å². The molecule has 1 N–H and O–H groups in total. The number of hydrogen-bond donors (Lipinski definition) is 1. The fourth-order valence-corrected chi connectivity index (χ4v) is 4.44. The number of pyridine rings is 1. The Labute approximate surface area is 190 Å². The van der Waals surface area contributed by atoms with Gasteiger partial charge in [0.2, 0.25) is 0 Å². The lowest BCUT2D eigenvalue weighted by molar-refractivity contribution is 0.146. The van der Waals surface area contributed by atoms with Crippen LogP contribution in [0.1, 0.15) is 61.2 Å². The number of halogens is 3. The van der Waals surface area contributed by atoms with Gasteiger partial charge < -0.3 is 5.32 Å². The van der Waals surface area contributed by atoms with Gasteiger partial charge in [-0.3, -0.25) is 14.3 Å². The number of likely N-dealkylation sites (tertiary alicyclic amines) is 1.